The van der Waals surface area contributed by atoms with Gasteiger partial charge >= 0.3 is 5.97 Å². The molecule has 1 fully saturated rings. The summed E-state index contributed by atoms with van der Waals surface area (Å²) in [5.74, 6) is 0.0647. The molecular formula is C10H16O3. The first-order chi connectivity index (χ1) is 6.06. The van der Waals surface area contributed by atoms with Crippen molar-refractivity contribution in [1.82, 2.24) is 0 Å². The van der Waals surface area contributed by atoms with Gasteiger partial charge in [0.05, 0.1) is 13.5 Å². The highest BCUT2D eigenvalue weighted by molar-refractivity contribution is 5.81. The first kappa shape index (κ1) is 10.2. The maximum absolute atomic E-state index is 11.2. The molecule has 0 heterocycles. The van der Waals surface area contributed by atoms with Gasteiger partial charge in [0.15, 0.2) is 0 Å². The van der Waals surface area contributed by atoms with Crippen molar-refractivity contribution in [3.05, 3.63) is 0 Å². The van der Waals surface area contributed by atoms with Crippen LogP contribution >= 0.6 is 0 Å². The fourth-order valence-electron chi connectivity index (χ4n) is 1.94. The average molecular weight is 184 g/mol. The molecule has 1 rings (SSSR count). The Morgan fingerprint density at radius 1 is 1.62 bits per heavy atom. The Bertz CT molecular complexity index is 222. The standard InChI is InChI=1S/C10H16O3/c1-10(7-9(12)13-2)5-3-4-8(11)6-10/h3-7H2,1-2H3. The second-order valence-corrected chi connectivity index (χ2v) is 4.13. The normalized spacial score (nSPS) is 28.6. The zero-order valence-electron chi connectivity index (χ0n) is 8.26. The molecule has 1 aliphatic rings. The van der Waals surface area contributed by atoms with Crippen LogP contribution in [-0.2, 0) is 14.3 Å². The zero-order chi connectivity index (χ0) is 9.90. The van der Waals surface area contributed by atoms with E-state index in [0.29, 0.717) is 19.3 Å². The molecule has 0 saturated heterocycles. The van der Waals surface area contributed by atoms with Crippen molar-refractivity contribution in [2.24, 2.45) is 5.41 Å². The molecule has 0 amide bonds. The number of hydrogen-bond donors (Lipinski definition) is 0. The molecule has 3 nitrogen and oxygen atoms in total. The number of ether oxygens (including phenoxy) is 1. The van der Waals surface area contributed by atoms with E-state index in [4.69, 9.17) is 0 Å². The van der Waals surface area contributed by atoms with Crippen molar-refractivity contribution in [1.29, 1.82) is 0 Å². The van der Waals surface area contributed by atoms with Gasteiger partial charge in [-0.2, -0.15) is 0 Å². The third-order valence-electron chi connectivity index (χ3n) is 2.66. The lowest BCUT2D eigenvalue weighted by Gasteiger charge is -2.31. The molecule has 1 atom stereocenters. The molecule has 74 valence electrons. The largest absolute Gasteiger partial charge is 0.469 e. The zero-order valence-corrected chi connectivity index (χ0v) is 8.26. The van der Waals surface area contributed by atoms with Crippen LogP contribution in [0, 0.1) is 5.41 Å². The summed E-state index contributed by atoms with van der Waals surface area (Å²) >= 11 is 0. The van der Waals surface area contributed by atoms with Crippen molar-refractivity contribution >= 4 is 11.8 Å². The van der Waals surface area contributed by atoms with Crippen LogP contribution in [0.15, 0.2) is 0 Å². The molecule has 0 radical (unpaired) electrons. The van der Waals surface area contributed by atoms with Crippen molar-refractivity contribution in [2.75, 3.05) is 7.11 Å². The van der Waals surface area contributed by atoms with Crippen LogP contribution in [0.2, 0.25) is 0 Å². The lowest BCUT2D eigenvalue weighted by Crippen LogP contribution is -2.28. The highest BCUT2D eigenvalue weighted by Crippen LogP contribution is 2.37. The fourth-order valence-corrected chi connectivity index (χ4v) is 1.94. The molecule has 1 aliphatic carbocycles. The number of carbonyl (C=O) groups excluding carboxylic acids is 2. The van der Waals surface area contributed by atoms with Crippen LogP contribution in [0.25, 0.3) is 0 Å². The highest BCUT2D eigenvalue weighted by Gasteiger charge is 2.33. The molecule has 0 bridgehead atoms. The fraction of sp³-hybridized carbons (Fsp3) is 0.800. The van der Waals surface area contributed by atoms with E-state index in [0.717, 1.165) is 12.8 Å². The Balaban J connectivity index is 2.53. The molecule has 0 N–H and O–H groups in total. The minimum Gasteiger partial charge on any atom is -0.469 e. The summed E-state index contributed by atoms with van der Waals surface area (Å²) in [5.41, 5.74) is -0.150. The predicted molar refractivity (Wildman–Crippen MR) is 48.2 cm³/mol. The second kappa shape index (κ2) is 3.90. The summed E-state index contributed by atoms with van der Waals surface area (Å²) in [6.07, 6.45) is 3.44. The first-order valence-electron chi connectivity index (χ1n) is 4.64. The second-order valence-electron chi connectivity index (χ2n) is 4.13. The van der Waals surface area contributed by atoms with Crippen molar-refractivity contribution in [3.8, 4) is 0 Å². The Kier molecular flexibility index (Phi) is 3.07. The Morgan fingerprint density at radius 2 is 2.31 bits per heavy atom. The van der Waals surface area contributed by atoms with Gasteiger partial charge in [0, 0.05) is 12.8 Å². The molecule has 1 unspecified atom stereocenters. The molecule has 13 heavy (non-hydrogen) atoms. The number of ketones is 1. The van der Waals surface area contributed by atoms with Gasteiger partial charge in [-0.3, -0.25) is 9.59 Å². The van der Waals surface area contributed by atoms with Gasteiger partial charge in [-0.05, 0) is 18.3 Å². The van der Waals surface area contributed by atoms with Crippen LogP contribution < -0.4 is 0 Å². The predicted octanol–water partition coefficient (Wildman–Crippen LogP) is 1.70. The molecule has 0 aliphatic heterocycles. The first-order valence-corrected chi connectivity index (χ1v) is 4.64. The van der Waals surface area contributed by atoms with E-state index in [-0.39, 0.29) is 17.2 Å². The van der Waals surface area contributed by atoms with Gasteiger partial charge < -0.3 is 4.74 Å². The van der Waals surface area contributed by atoms with Crippen LogP contribution in [-0.4, -0.2) is 18.9 Å². The highest BCUT2D eigenvalue weighted by atomic mass is 16.5. The van der Waals surface area contributed by atoms with Crippen LogP contribution in [0.5, 0.6) is 0 Å². The van der Waals surface area contributed by atoms with Crippen LogP contribution in [0.3, 0.4) is 0 Å². The molecular weight excluding hydrogens is 168 g/mol. The summed E-state index contributed by atoms with van der Waals surface area (Å²) in [7, 11) is 1.39. The maximum Gasteiger partial charge on any atom is 0.306 e. The summed E-state index contributed by atoms with van der Waals surface area (Å²) < 4.78 is 4.60. The van der Waals surface area contributed by atoms with Crippen molar-refractivity contribution in [3.63, 3.8) is 0 Å². The van der Waals surface area contributed by atoms with E-state index < -0.39 is 0 Å². The van der Waals surface area contributed by atoms with Gasteiger partial charge in [0.2, 0.25) is 0 Å². The van der Waals surface area contributed by atoms with E-state index in [1.54, 1.807) is 0 Å². The SMILES string of the molecule is COC(=O)CC1(C)CCCC(=O)C1. The molecule has 0 aromatic heterocycles. The van der Waals surface area contributed by atoms with Gasteiger partial charge in [0.25, 0.3) is 0 Å². The molecule has 0 spiro atoms. The topological polar surface area (TPSA) is 43.4 Å². The number of Topliss-reactive ketones (excluding diaryl/α,β-unsaturated/α-hetero) is 1. The third-order valence-corrected chi connectivity index (χ3v) is 2.66. The number of rotatable bonds is 2. The lowest BCUT2D eigenvalue weighted by molar-refractivity contribution is -0.144. The number of carbonyl (C=O) groups is 2. The smallest absolute Gasteiger partial charge is 0.306 e. The number of methoxy groups -OCH3 is 1. The van der Waals surface area contributed by atoms with Gasteiger partial charge in [-0.1, -0.05) is 6.92 Å². The monoisotopic (exact) mass is 184 g/mol. The molecule has 0 aromatic rings. The van der Waals surface area contributed by atoms with E-state index in [1.807, 2.05) is 6.92 Å². The Labute approximate surface area is 78.5 Å². The summed E-state index contributed by atoms with van der Waals surface area (Å²) in [5, 5.41) is 0. The van der Waals surface area contributed by atoms with E-state index in [1.165, 1.54) is 7.11 Å². The maximum atomic E-state index is 11.2. The minimum atomic E-state index is -0.211. The van der Waals surface area contributed by atoms with E-state index >= 15 is 0 Å². The molecule has 3 heteroatoms. The lowest BCUT2D eigenvalue weighted by atomic mass is 9.73. The van der Waals surface area contributed by atoms with Gasteiger partial charge in [-0.25, -0.2) is 0 Å². The van der Waals surface area contributed by atoms with E-state index in [9.17, 15) is 9.59 Å². The van der Waals surface area contributed by atoms with Crippen molar-refractivity contribution in [2.45, 2.75) is 39.0 Å². The average Bonchev–Trinajstić information content (AvgIpc) is 2.02. The minimum absolute atomic E-state index is 0.150. The summed E-state index contributed by atoms with van der Waals surface area (Å²) in [6.45, 7) is 1.99. The summed E-state index contributed by atoms with van der Waals surface area (Å²) in [6, 6.07) is 0. The quantitative estimate of drug-likeness (QED) is 0.613. The van der Waals surface area contributed by atoms with Crippen molar-refractivity contribution < 1.29 is 14.3 Å². The Morgan fingerprint density at radius 3 is 2.85 bits per heavy atom. The number of esters is 1. The summed E-state index contributed by atoms with van der Waals surface area (Å²) in [4.78, 5) is 22.3. The molecule has 0 aromatic carbocycles. The van der Waals surface area contributed by atoms with Crippen LogP contribution in [0.1, 0.15) is 39.0 Å². The van der Waals surface area contributed by atoms with Gasteiger partial charge in [-0.15, -0.1) is 0 Å². The Hall–Kier alpha value is -0.860. The third kappa shape index (κ3) is 2.83. The van der Waals surface area contributed by atoms with E-state index in [2.05, 4.69) is 4.74 Å². The molecule has 1 saturated carbocycles. The van der Waals surface area contributed by atoms with Crippen LogP contribution in [0.4, 0.5) is 0 Å². The number of hydrogen-bond acceptors (Lipinski definition) is 3. The van der Waals surface area contributed by atoms with Gasteiger partial charge in [0.1, 0.15) is 5.78 Å².